The van der Waals surface area contributed by atoms with E-state index in [0.29, 0.717) is 17.1 Å². The predicted octanol–water partition coefficient (Wildman–Crippen LogP) is 3.82. The van der Waals surface area contributed by atoms with Gasteiger partial charge in [0.2, 0.25) is 15.9 Å². The highest BCUT2D eigenvalue weighted by molar-refractivity contribution is 7.92. The van der Waals surface area contributed by atoms with E-state index >= 15 is 0 Å². The molecule has 7 nitrogen and oxygen atoms in total. The minimum absolute atomic E-state index is 0.0989. The van der Waals surface area contributed by atoms with Crippen molar-refractivity contribution in [2.24, 2.45) is 0 Å². The maximum Gasteiger partial charge on any atom is 0.232 e. The number of nitrogens with zero attached hydrogens (tertiary/aromatic N) is 1. The first-order valence-electron chi connectivity index (χ1n) is 9.31. The van der Waals surface area contributed by atoms with Gasteiger partial charge in [0, 0.05) is 19.2 Å². The van der Waals surface area contributed by atoms with Crippen molar-refractivity contribution in [2.45, 2.75) is 30.7 Å². The van der Waals surface area contributed by atoms with Crippen LogP contribution in [-0.2, 0) is 24.7 Å². The van der Waals surface area contributed by atoms with Crippen LogP contribution in [0.2, 0.25) is 10.0 Å². The third kappa shape index (κ3) is 7.38. The number of carbonyl (C=O) groups excluding carboxylic acids is 1. The van der Waals surface area contributed by atoms with Crippen molar-refractivity contribution in [1.29, 1.82) is 0 Å². The number of halogens is 2. The van der Waals surface area contributed by atoms with Gasteiger partial charge in [-0.25, -0.2) is 16.8 Å². The van der Waals surface area contributed by atoms with Crippen molar-refractivity contribution < 1.29 is 21.6 Å². The topological polar surface area (TPSA) is 101 Å². The largest absolute Gasteiger partial charge is 0.350 e. The normalized spacial score (nSPS) is 12.9. The summed E-state index contributed by atoms with van der Waals surface area (Å²) in [5, 5.41) is 3.38. The summed E-state index contributed by atoms with van der Waals surface area (Å²) >= 11 is 11.9. The van der Waals surface area contributed by atoms with Crippen molar-refractivity contribution in [3.8, 4) is 0 Å². The minimum Gasteiger partial charge on any atom is -0.350 e. The van der Waals surface area contributed by atoms with Crippen molar-refractivity contribution >= 4 is 54.7 Å². The molecule has 11 heteroatoms. The third-order valence-corrected chi connectivity index (χ3v) is 7.60. The Balaban J connectivity index is 1.96. The van der Waals surface area contributed by atoms with Crippen LogP contribution in [0.15, 0.2) is 47.4 Å². The fraction of sp³-hybridized carbons (Fsp3) is 0.350. The number of amides is 1. The van der Waals surface area contributed by atoms with Crippen molar-refractivity contribution in [3.05, 3.63) is 58.1 Å². The lowest BCUT2D eigenvalue weighted by molar-refractivity contribution is -0.121. The first-order valence-corrected chi connectivity index (χ1v) is 13.8. The molecule has 0 aliphatic heterocycles. The molecule has 0 heterocycles. The number of hydrogen-bond donors (Lipinski definition) is 1. The number of benzene rings is 2. The zero-order valence-corrected chi connectivity index (χ0v) is 20.4. The van der Waals surface area contributed by atoms with E-state index < -0.39 is 19.9 Å². The average Bonchev–Trinajstić information content (AvgIpc) is 2.66. The second-order valence-corrected chi connectivity index (χ2v) is 11.9. The number of anilines is 1. The lowest BCUT2D eigenvalue weighted by Crippen LogP contribution is -2.32. The fourth-order valence-corrected chi connectivity index (χ4v) is 4.79. The molecule has 1 N–H and O–H groups in total. The highest BCUT2D eigenvalue weighted by Crippen LogP contribution is 2.28. The molecule has 0 unspecified atom stereocenters. The van der Waals surface area contributed by atoms with E-state index in [1.165, 1.54) is 28.6 Å². The van der Waals surface area contributed by atoms with Gasteiger partial charge in [0.25, 0.3) is 0 Å². The van der Waals surface area contributed by atoms with E-state index in [0.717, 1.165) is 18.1 Å². The Hall–Kier alpha value is -1.81. The van der Waals surface area contributed by atoms with Gasteiger partial charge in [0.05, 0.1) is 32.9 Å². The summed E-state index contributed by atoms with van der Waals surface area (Å²) in [4.78, 5) is 12.5. The molecule has 0 aliphatic carbocycles. The summed E-state index contributed by atoms with van der Waals surface area (Å²) in [5.74, 6) is -0.248. The van der Waals surface area contributed by atoms with Crippen molar-refractivity contribution in [2.75, 3.05) is 23.4 Å². The van der Waals surface area contributed by atoms with Crippen LogP contribution >= 0.6 is 23.2 Å². The van der Waals surface area contributed by atoms with E-state index in [1.54, 1.807) is 25.1 Å². The Morgan fingerprint density at radius 2 is 1.61 bits per heavy atom. The second-order valence-electron chi connectivity index (χ2n) is 7.17. The van der Waals surface area contributed by atoms with Gasteiger partial charge in [-0.15, -0.1) is 0 Å². The van der Waals surface area contributed by atoms with Gasteiger partial charge in [0.1, 0.15) is 0 Å². The molecular formula is C20H24Cl2N2O5S2. The minimum atomic E-state index is -3.58. The summed E-state index contributed by atoms with van der Waals surface area (Å²) in [6.45, 7) is 1.88. The van der Waals surface area contributed by atoms with Crippen LogP contribution in [0.25, 0.3) is 0 Å². The van der Waals surface area contributed by atoms with Crippen molar-refractivity contribution in [3.63, 3.8) is 0 Å². The quantitative estimate of drug-likeness (QED) is 0.556. The smallest absolute Gasteiger partial charge is 0.232 e. The van der Waals surface area contributed by atoms with Gasteiger partial charge in [0.15, 0.2) is 9.84 Å². The first kappa shape index (κ1) is 25.5. The van der Waals surface area contributed by atoms with E-state index in [1.807, 2.05) is 0 Å². The van der Waals surface area contributed by atoms with Gasteiger partial charge >= 0.3 is 0 Å². The van der Waals surface area contributed by atoms with E-state index in [2.05, 4.69) is 5.32 Å². The first-order chi connectivity index (χ1) is 14.3. The number of hydrogen-bond acceptors (Lipinski definition) is 5. The zero-order valence-electron chi connectivity index (χ0n) is 17.3. The van der Waals surface area contributed by atoms with E-state index in [-0.39, 0.29) is 34.8 Å². The lowest BCUT2D eigenvalue weighted by Gasteiger charge is -2.23. The molecule has 0 saturated heterocycles. The molecule has 1 amide bonds. The number of sulfone groups is 1. The Morgan fingerprint density at radius 3 is 2.13 bits per heavy atom. The fourth-order valence-electron chi connectivity index (χ4n) is 2.91. The lowest BCUT2D eigenvalue weighted by atomic mass is 10.1. The van der Waals surface area contributed by atoms with Crippen LogP contribution in [-0.4, -0.2) is 41.8 Å². The molecule has 1 atom stereocenters. The highest BCUT2D eigenvalue weighted by Gasteiger charge is 2.19. The van der Waals surface area contributed by atoms with E-state index in [4.69, 9.17) is 23.2 Å². The molecule has 2 aromatic carbocycles. The van der Waals surface area contributed by atoms with E-state index in [9.17, 15) is 21.6 Å². The molecule has 2 rings (SSSR count). The molecular weight excluding hydrogens is 483 g/mol. The summed E-state index contributed by atoms with van der Waals surface area (Å²) in [7, 11) is -6.86. The molecule has 0 aromatic heterocycles. The molecule has 0 fully saturated rings. The molecule has 31 heavy (non-hydrogen) atoms. The number of nitrogens with one attached hydrogen (secondary N) is 1. The summed E-state index contributed by atoms with van der Waals surface area (Å²) in [5.41, 5.74) is 1.13. The standard InChI is InChI=1S/C20H24Cl2N2O5S2/c1-14(15-6-9-17(10-7-15)30(2,26)27)23-20(25)5-4-12-24(31(3,28)29)16-8-11-18(21)19(22)13-16/h6-11,13-14H,4-5,12H2,1-3H3,(H,23,25)/t14-/m1/s1. The maximum atomic E-state index is 12.3. The number of carbonyl (C=O) groups is 1. The van der Waals surface area contributed by atoms with Gasteiger partial charge in [-0.2, -0.15) is 0 Å². The SMILES string of the molecule is C[C@@H](NC(=O)CCCN(c1ccc(Cl)c(Cl)c1)S(C)(=O)=O)c1ccc(S(C)(=O)=O)cc1. The second kappa shape index (κ2) is 10.2. The van der Waals surface area contributed by atoms with Crippen LogP contribution in [0.4, 0.5) is 5.69 Å². The summed E-state index contributed by atoms with van der Waals surface area (Å²) < 4.78 is 48.6. The Kier molecular flexibility index (Phi) is 8.38. The van der Waals surface area contributed by atoms with Gasteiger partial charge < -0.3 is 5.32 Å². The molecule has 2 aromatic rings. The van der Waals surface area contributed by atoms with Crippen LogP contribution in [0.3, 0.4) is 0 Å². The van der Waals surface area contributed by atoms with Crippen LogP contribution in [0, 0.1) is 0 Å². The molecule has 0 spiro atoms. The monoisotopic (exact) mass is 506 g/mol. The summed E-state index contributed by atoms with van der Waals surface area (Å²) in [6.07, 6.45) is 2.61. The zero-order chi connectivity index (χ0) is 23.4. The molecule has 0 aliphatic rings. The molecule has 0 radical (unpaired) electrons. The Morgan fingerprint density at radius 1 is 1.00 bits per heavy atom. The summed E-state index contributed by atoms with van der Waals surface area (Å²) in [6, 6.07) is 10.5. The third-order valence-electron chi connectivity index (χ3n) is 4.54. The van der Waals surface area contributed by atoms with Crippen LogP contribution < -0.4 is 9.62 Å². The molecule has 0 saturated carbocycles. The molecule has 170 valence electrons. The maximum absolute atomic E-state index is 12.3. The van der Waals surface area contributed by atoms with Crippen molar-refractivity contribution in [1.82, 2.24) is 5.32 Å². The highest BCUT2D eigenvalue weighted by atomic mass is 35.5. The van der Waals surface area contributed by atoms with Gasteiger partial charge in [-0.1, -0.05) is 35.3 Å². The number of sulfonamides is 1. The molecule has 0 bridgehead atoms. The predicted molar refractivity (Wildman–Crippen MR) is 124 cm³/mol. The van der Waals surface area contributed by atoms with Crippen LogP contribution in [0.1, 0.15) is 31.4 Å². The Bertz CT molecular complexity index is 1150. The van der Waals surface area contributed by atoms with Gasteiger partial charge in [-0.05, 0) is 49.2 Å². The van der Waals surface area contributed by atoms with Crippen LogP contribution in [0.5, 0.6) is 0 Å². The number of rotatable bonds is 9. The average molecular weight is 507 g/mol. The van der Waals surface area contributed by atoms with Gasteiger partial charge in [-0.3, -0.25) is 9.10 Å². The Labute approximate surface area is 193 Å².